The van der Waals surface area contributed by atoms with E-state index in [-0.39, 0.29) is 29.4 Å². The Bertz CT molecular complexity index is 1390. The van der Waals surface area contributed by atoms with Crippen molar-refractivity contribution in [3.05, 3.63) is 88.5 Å². The van der Waals surface area contributed by atoms with Crippen LogP contribution in [0.25, 0.3) is 11.1 Å². The molecule has 2 aliphatic rings. The van der Waals surface area contributed by atoms with Crippen molar-refractivity contribution in [1.82, 2.24) is 4.98 Å². The minimum absolute atomic E-state index is 0.141. The standard InChI is InChI=1S/C35H41F2NO2/c1-34(2,3)31-20-25(21-32(37)38-31)29-8-5-7-24-19-26(39)11-14-30(24)33(29)23-9-12-27(13-10-23)40-28-15-17-35(4,22-28)16-6-18-36/h9-14,19-21,28,39H,5-8,15-18,22H2,1-4H3/t28-,35?/m0/s1. The average molecular weight is 546 g/mol. The van der Waals surface area contributed by atoms with Gasteiger partial charge in [0.2, 0.25) is 5.95 Å². The zero-order chi connectivity index (χ0) is 28.5. The summed E-state index contributed by atoms with van der Waals surface area (Å²) in [5.41, 5.74) is 6.78. The summed E-state index contributed by atoms with van der Waals surface area (Å²) in [5, 5.41) is 10.2. The van der Waals surface area contributed by atoms with Gasteiger partial charge in [-0.15, -0.1) is 0 Å². The second kappa shape index (κ2) is 11.3. The Morgan fingerprint density at radius 1 is 1.02 bits per heavy atom. The van der Waals surface area contributed by atoms with Gasteiger partial charge in [-0.05, 0) is 121 Å². The molecule has 212 valence electrons. The second-order valence-electron chi connectivity index (χ2n) is 13.0. The second-order valence-corrected chi connectivity index (χ2v) is 13.0. The predicted molar refractivity (Wildman–Crippen MR) is 158 cm³/mol. The molecule has 3 aromatic rings. The number of rotatable bonds is 7. The summed E-state index contributed by atoms with van der Waals surface area (Å²) in [7, 11) is 0. The lowest BCUT2D eigenvalue weighted by Crippen LogP contribution is -2.17. The molecule has 1 N–H and O–H groups in total. The molecule has 5 heteroatoms. The number of phenolic OH excluding ortho intramolecular Hbond substituents is 1. The Morgan fingerprint density at radius 2 is 1.80 bits per heavy atom. The van der Waals surface area contributed by atoms with Crippen LogP contribution in [0.4, 0.5) is 8.78 Å². The number of fused-ring (bicyclic) bond motifs is 1. The molecule has 0 saturated heterocycles. The van der Waals surface area contributed by atoms with Crippen LogP contribution in [0.1, 0.15) is 101 Å². The fraction of sp³-hybridized carbons (Fsp3) is 0.457. The van der Waals surface area contributed by atoms with E-state index in [0.29, 0.717) is 6.42 Å². The minimum atomic E-state index is -0.469. The molecule has 0 radical (unpaired) electrons. The molecule has 5 rings (SSSR count). The van der Waals surface area contributed by atoms with Crippen LogP contribution in [0.15, 0.2) is 54.6 Å². The molecule has 1 unspecified atom stereocenters. The van der Waals surface area contributed by atoms with Crippen molar-refractivity contribution in [2.75, 3.05) is 6.67 Å². The number of aromatic nitrogens is 1. The number of allylic oxidation sites excluding steroid dienone is 1. The number of pyridine rings is 1. The first-order valence-corrected chi connectivity index (χ1v) is 14.6. The number of halogens is 2. The Balaban J connectivity index is 1.52. The van der Waals surface area contributed by atoms with Crippen LogP contribution in [-0.2, 0) is 11.8 Å². The zero-order valence-electron chi connectivity index (χ0n) is 24.2. The van der Waals surface area contributed by atoms with E-state index >= 15 is 0 Å². The molecule has 0 amide bonds. The highest BCUT2D eigenvalue weighted by molar-refractivity contribution is 6.00. The molecule has 1 saturated carbocycles. The SMILES string of the molecule is CC1(CCCF)CC[C@H](Oc2ccc(C3=C(c4cc(F)nc(C(C)(C)C)c4)CCCc4cc(O)ccc43)cc2)C1. The van der Waals surface area contributed by atoms with Gasteiger partial charge in [-0.25, -0.2) is 4.98 Å². The lowest BCUT2D eigenvalue weighted by Gasteiger charge is -2.23. The summed E-state index contributed by atoms with van der Waals surface area (Å²) in [6.45, 7) is 8.13. The first-order valence-electron chi connectivity index (χ1n) is 14.6. The van der Waals surface area contributed by atoms with E-state index in [9.17, 15) is 13.9 Å². The van der Waals surface area contributed by atoms with Crippen LogP contribution in [0.5, 0.6) is 11.5 Å². The van der Waals surface area contributed by atoms with E-state index in [1.165, 1.54) is 0 Å². The summed E-state index contributed by atoms with van der Waals surface area (Å²) in [6, 6.07) is 17.4. The maximum atomic E-state index is 14.9. The highest BCUT2D eigenvalue weighted by atomic mass is 19.1. The van der Waals surface area contributed by atoms with Gasteiger partial charge in [0.15, 0.2) is 0 Å². The molecule has 1 heterocycles. The number of hydrogen-bond acceptors (Lipinski definition) is 3. The lowest BCUT2D eigenvalue weighted by molar-refractivity contribution is 0.181. The van der Waals surface area contributed by atoms with Crippen molar-refractivity contribution in [1.29, 1.82) is 0 Å². The first-order chi connectivity index (χ1) is 19.0. The fourth-order valence-electron chi connectivity index (χ4n) is 6.42. The Morgan fingerprint density at radius 3 is 2.52 bits per heavy atom. The average Bonchev–Trinajstić information content (AvgIpc) is 3.16. The molecule has 2 aliphatic carbocycles. The predicted octanol–water partition coefficient (Wildman–Crippen LogP) is 9.21. The van der Waals surface area contributed by atoms with E-state index in [1.807, 2.05) is 51.1 Å². The summed E-state index contributed by atoms with van der Waals surface area (Å²) in [6.07, 6.45) is 7.18. The van der Waals surface area contributed by atoms with Gasteiger partial charge in [0.05, 0.1) is 12.8 Å². The largest absolute Gasteiger partial charge is 0.508 e. The van der Waals surface area contributed by atoms with E-state index in [2.05, 4.69) is 24.0 Å². The van der Waals surface area contributed by atoms with E-state index in [4.69, 9.17) is 4.74 Å². The molecule has 0 aliphatic heterocycles. The Hall–Kier alpha value is -3.21. The maximum absolute atomic E-state index is 14.9. The van der Waals surface area contributed by atoms with Crippen LogP contribution in [-0.4, -0.2) is 22.9 Å². The zero-order valence-corrected chi connectivity index (χ0v) is 24.2. The maximum Gasteiger partial charge on any atom is 0.213 e. The normalized spacial score (nSPS) is 21.3. The third-order valence-electron chi connectivity index (χ3n) is 8.59. The molecule has 2 atom stereocenters. The Kier molecular flexibility index (Phi) is 8.03. The summed E-state index contributed by atoms with van der Waals surface area (Å²) >= 11 is 0. The third kappa shape index (κ3) is 6.24. The van der Waals surface area contributed by atoms with Crippen molar-refractivity contribution in [2.45, 2.75) is 90.6 Å². The van der Waals surface area contributed by atoms with E-state index < -0.39 is 5.95 Å². The van der Waals surface area contributed by atoms with Crippen molar-refractivity contribution in [3.63, 3.8) is 0 Å². The topological polar surface area (TPSA) is 42.4 Å². The van der Waals surface area contributed by atoms with Crippen LogP contribution < -0.4 is 4.74 Å². The quantitative estimate of drug-likeness (QED) is 0.301. The van der Waals surface area contributed by atoms with Crippen molar-refractivity contribution in [3.8, 4) is 11.5 Å². The summed E-state index contributed by atoms with van der Waals surface area (Å²) in [5.74, 6) is 0.615. The number of phenols is 1. The molecule has 1 fully saturated rings. The van der Waals surface area contributed by atoms with Gasteiger partial charge in [-0.1, -0.05) is 45.9 Å². The number of hydrogen-bond donors (Lipinski definition) is 1. The Labute approximate surface area is 237 Å². The van der Waals surface area contributed by atoms with Gasteiger partial charge in [0, 0.05) is 17.2 Å². The minimum Gasteiger partial charge on any atom is -0.508 e. The number of nitrogens with zero attached hydrogens (tertiary/aromatic N) is 1. The highest BCUT2D eigenvalue weighted by Gasteiger charge is 2.35. The van der Waals surface area contributed by atoms with Gasteiger partial charge >= 0.3 is 0 Å². The van der Waals surface area contributed by atoms with Gasteiger partial charge < -0.3 is 9.84 Å². The van der Waals surface area contributed by atoms with Crippen LogP contribution in [0.2, 0.25) is 0 Å². The van der Waals surface area contributed by atoms with E-state index in [1.54, 1.807) is 12.1 Å². The molecular formula is C35H41F2NO2. The van der Waals surface area contributed by atoms with Gasteiger partial charge in [0.1, 0.15) is 11.5 Å². The van der Waals surface area contributed by atoms with Gasteiger partial charge in [-0.2, -0.15) is 4.39 Å². The molecule has 2 aromatic carbocycles. The van der Waals surface area contributed by atoms with Crippen molar-refractivity contribution >= 4 is 11.1 Å². The molecule has 0 bridgehead atoms. The molecule has 1 aromatic heterocycles. The van der Waals surface area contributed by atoms with Crippen LogP contribution in [0, 0.1) is 11.4 Å². The summed E-state index contributed by atoms with van der Waals surface area (Å²) in [4.78, 5) is 4.21. The van der Waals surface area contributed by atoms with E-state index in [0.717, 1.165) is 89.8 Å². The molecular weight excluding hydrogens is 504 g/mol. The molecule has 3 nitrogen and oxygen atoms in total. The lowest BCUT2D eigenvalue weighted by atomic mass is 9.84. The number of aryl methyl sites for hydroxylation is 1. The number of aromatic hydroxyl groups is 1. The number of ether oxygens (including phenoxy) is 1. The van der Waals surface area contributed by atoms with Crippen LogP contribution >= 0.6 is 0 Å². The molecule has 40 heavy (non-hydrogen) atoms. The van der Waals surface area contributed by atoms with Crippen LogP contribution in [0.3, 0.4) is 0 Å². The van der Waals surface area contributed by atoms with Crippen molar-refractivity contribution < 1.29 is 18.6 Å². The molecule has 0 spiro atoms. The summed E-state index contributed by atoms with van der Waals surface area (Å²) < 4.78 is 34.0. The van der Waals surface area contributed by atoms with Crippen molar-refractivity contribution in [2.24, 2.45) is 5.41 Å². The van der Waals surface area contributed by atoms with Gasteiger partial charge in [-0.3, -0.25) is 4.39 Å². The third-order valence-corrected chi connectivity index (χ3v) is 8.59. The van der Waals surface area contributed by atoms with Gasteiger partial charge in [0.25, 0.3) is 0 Å². The highest BCUT2D eigenvalue weighted by Crippen LogP contribution is 2.44. The smallest absolute Gasteiger partial charge is 0.213 e. The first kappa shape index (κ1) is 28.3. The number of benzene rings is 2. The fourth-order valence-corrected chi connectivity index (χ4v) is 6.42. The monoisotopic (exact) mass is 545 g/mol. The number of alkyl halides is 1.